The molecule has 0 aliphatic carbocycles. The van der Waals surface area contributed by atoms with Crippen LogP contribution in [0, 0.1) is 0 Å². The SMILES string of the molecule is COC(=O)N1CCC2C(C1)N=C(C)N2C1CC2CCC(C1)N2CC[C@H](NC(=O)OC(C)(C)C)c1ccsc1. The van der Waals surface area contributed by atoms with Gasteiger partial charge in [0, 0.05) is 37.8 Å². The number of piperidine rings is 2. The molecule has 4 aliphatic heterocycles. The second-order valence-electron chi connectivity index (χ2n) is 12.2. The maximum atomic E-state index is 12.6. The quantitative estimate of drug-likeness (QED) is 0.560. The van der Waals surface area contributed by atoms with Crippen LogP contribution in [0.15, 0.2) is 21.8 Å². The smallest absolute Gasteiger partial charge is 0.409 e. The van der Waals surface area contributed by atoms with Gasteiger partial charge in [0.05, 0.1) is 31.1 Å². The molecule has 2 bridgehead atoms. The van der Waals surface area contributed by atoms with Gasteiger partial charge in [-0.2, -0.15) is 11.3 Å². The van der Waals surface area contributed by atoms with Crippen LogP contribution in [0.1, 0.15) is 77.8 Å². The predicted molar refractivity (Wildman–Crippen MR) is 149 cm³/mol. The number of carbonyl (C=O) groups excluding carboxylic acids is 2. The summed E-state index contributed by atoms with van der Waals surface area (Å²) >= 11 is 1.66. The number of nitrogens with one attached hydrogen (secondary N) is 1. The number of hydrogen-bond acceptors (Lipinski definition) is 8. The van der Waals surface area contributed by atoms with E-state index < -0.39 is 5.60 Å². The highest BCUT2D eigenvalue weighted by Crippen LogP contribution is 2.41. The largest absolute Gasteiger partial charge is 0.453 e. The molecule has 38 heavy (non-hydrogen) atoms. The Labute approximate surface area is 230 Å². The van der Waals surface area contributed by atoms with Gasteiger partial charge in [-0.1, -0.05) is 0 Å². The number of aliphatic imine (C=N–C) groups is 1. The van der Waals surface area contributed by atoms with Crippen LogP contribution in [-0.2, 0) is 9.47 Å². The third kappa shape index (κ3) is 5.81. The molecule has 5 rings (SSSR count). The minimum Gasteiger partial charge on any atom is -0.453 e. The molecule has 1 aromatic rings. The summed E-state index contributed by atoms with van der Waals surface area (Å²) < 4.78 is 10.5. The van der Waals surface area contributed by atoms with Crippen LogP contribution < -0.4 is 5.32 Å². The number of fused-ring (bicyclic) bond motifs is 3. The van der Waals surface area contributed by atoms with E-state index in [1.165, 1.54) is 20.0 Å². The molecule has 1 N–H and O–H groups in total. The van der Waals surface area contributed by atoms with E-state index in [4.69, 9.17) is 14.5 Å². The summed E-state index contributed by atoms with van der Waals surface area (Å²) in [6.07, 6.45) is 5.97. The van der Waals surface area contributed by atoms with Crippen molar-refractivity contribution in [2.75, 3.05) is 26.7 Å². The van der Waals surface area contributed by atoms with Crippen molar-refractivity contribution in [3.63, 3.8) is 0 Å². The summed E-state index contributed by atoms with van der Waals surface area (Å²) in [7, 11) is 1.45. The average Bonchev–Trinajstić information content (AvgIpc) is 3.56. The summed E-state index contributed by atoms with van der Waals surface area (Å²) in [5.41, 5.74) is 0.632. The van der Waals surface area contributed by atoms with Crippen LogP contribution in [0.25, 0.3) is 0 Å². The zero-order valence-electron chi connectivity index (χ0n) is 23.4. The monoisotopic (exact) mass is 545 g/mol. The first-order chi connectivity index (χ1) is 18.1. The second kappa shape index (κ2) is 11.0. The molecular formula is C28H43N5O4S. The maximum absolute atomic E-state index is 12.6. The normalized spacial score (nSPS) is 30.0. The van der Waals surface area contributed by atoms with Crippen LogP contribution in [0.2, 0.25) is 0 Å². The van der Waals surface area contributed by atoms with Gasteiger partial charge >= 0.3 is 12.2 Å². The van der Waals surface area contributed by atoms with E-state index >= 15 is 0 Å². The van der Waals surface area contributed by atoms with Gasteiger partial charge in [0.25, 0.3) is 0 Å². The van der Waals surface area contributed by atoms with Crippen LogP contribution >= 0.6 is 11.3 Å². The van der Waals surface area contributed by atoms with E-state index in [0.717, 1.165) is 50.2 Å². The first kappa shape index (κ1) is 27.2. The number of rotatable bonds is 6. The fourth-order valence-electron chi connectivity index (χ4n) is 7.11. The van der Waals surface area contributed by atoms with Gasteiger partial charge in [-0.3, -0.25) is 9.89 Å². The molecule has 5 atom stereocenters. The van der Waals surface area contributed by atoms with Crippen molar-refractivity contribution < 1.29 is 19.1 Å². The fraction of sp³-hybridized carbons (Fsp3) is 0.750. The number of nitrogens with zero attached hydrogens (tertiary/aromatic N) is 4. The van der Waals surface area contributed by atoms with Gasteiger partial charge in [-0.05, 0) is 88.6 Å². The molecule has 0 saturated carbocycles. The van der Waals surface area contributed by atoms with Gasteiger partial charge in [0.1, 0.15) is 5.60 Å². The van der Waals surface area contributed by atoms with Crippen molar-refractivity contribution in [2.45, 2.75) is 108 Å². The van der Waals surface area contributed by atoms with Gasteiger partial charge in [-0.15, -0.1) is 0 Å². The molecule has 0 spiro atoms. The Morgan fingerprint density at radius 3 is 2.55 bits per heavy atom. The highest BCUT2D eigenvalue weighted by atomic mass is 32.1. The van der Waals surface area contributed by atoms with Gasteiger partial charge in [0.2, 0.25) is 0 Å². The maximum Gasteiger partial charge on any atom is 0.409 e. The number of thiophene rings is 1. The zero-order chi connectivity index (χ0) is 27.0. The Kier molecular flexibility index (Phi) is 7.91. The molecule has 3 fully saturated rings. The Bertz CT molecular complexity index is 1010. The fourth-order valence-corrected chi connectivity index (χ4v) is 7.82. The van der Waals surface area contributed by atoms with Gasteiger partial charge in [0.15, 0.2) is 0 Å². The molecule has 0 radical (unpaired) electrons. The summed E-state index contributed by atoms with van der Waals surface area (Å²) in [6, 6.07) is 4.19. The minimum atomic E-state index is -0.518. The first-order valence-corrected chi connectivity index (χ1v) is 15.0. The molecule has 9 nitrogen and oxygen atoms in total. The number of likely N-dealkylation sites (tertiary alicyclic amines) is 1. The lowest BCUT2D eigenvalue weighted by molar-refractivity contribution is 0.0460. The summed E-state index contributed by atoms with van der Waals surface area (Å²) in [6.45, 7) is 10.2. The van der Waals surface area contributed by atoms with Crippen LogP contribution in [0.3, 0.4) is 0 Å². The Morgan fingerprint density at radius 1 is 1.18 bits per heavy atom. The molecule has 5 heterocycles. The molecule has 3 saturated heterocycles. The number of amidine groups is 1. The number of ether oxygens (including phenoxy) is 2. The third-order valence-corrected chi connectivity index (χ3v) is 9.33. The third-order valence-electron chi connectivity index (χ3n) is 8.63. The van der Waals surface area contributed by atoms with E-state index in [1.807, 2.05) is 20.8 Å². The molecule has 1 aromatic heterocycles. The van der Waals surface area contributed by atoms with E-state index in [0.29, 0.717) is 30.7 Å². The lowest BCUT2D eigenvalue weighted by atomic mass is 9.91. The van der Waals surface area contributed by atoms with Crippen molar-refractivity contribution >= 4 is 29.4 Å². The van der Waals surface area contributed by atoms with Crippen molar-refractivity contribution in [3.05, 3.63) is 22.4 Å². The second-order valence-corrected chi connectivity index (χ2v) is 13.0. The molecule has 2 amide bonds. The molecule has 10 heteroatoms. The lowest BCUT2D eigenvalue weighted by Gasteiger charge is -2.47. The molecule has 0 aromatic carbocycles. The van der Waals surface area contributed by atoms with Crippen LogP contribution in [0.5, 0.6) is 0 Å². The van der Waals surface area contributed by atoms with E-state index in [1.54, 1.807) is 16.2 Å². The lowest BCUT2D eigenvalue weighted by Crippen LogP contribution is -2.57. The highest BCUT2D eigenvalue weighted by Gasteiger charge is 2.48. The number of methoxy groups -OCH3 is 1. The van der Waals surface area contributed by atoms with Gasteiger partial charge in [-0.25, -0.2) is 9.59 Å². The molecule has 4 unspecified atom stereocenters. The highest BCUT2D eigenvalue weighted by molar-refractivity contribution is 7.08. The number of hydrogen-bond donors (Lipinski definition) is 1. The van der Waals surface area contributed by atoms with Crippen molar-refractivity contribution in [1.82, 2.24) is 20.0 Å². The first-order valence-electron chi connectivity index (χ1n) is 14.1. The van der Waals surface area contributed by atoms with Gasteiger partial charge < -0.3 is 24.6 Å². The predicted octanol–water partition coefficient (Wildman–Crippen LogP) is 4.64. The Balaban J connectivity index is 1.19. The summed E-state index contributed by atoms with van der Waals surface area (Å²) in [5, 5.41) is 7.32. The van der Waals surface area contributed by atoms with Crippen molar-refractivity contribution in [1.29, 1.82) is 0 Å². The minimum absolute atomic E-state index is 0.0538. The number of alkyl carbamates (subject to hydrolysis) is 1. The number of carbonyl (C=O) groups is 2. The van der Waals surface area contributed by atoms with Crippen LogP contribution in [-0.4, -0.2) is 95.3 Å². The zero-order valence-corrected chi connectivity index (χ0v) is 24.2. The summed E-state index contributed by atoms with van der Waals surface area (Å²) in [5.74, 6) is 1.13. The van der Waals surface area contributed by atoms with E-state index in [-0.39, 0.29) is 24.3 Å². The van der Waals surface area contributed by atoms with Crippen molar-refractivity contribution in [2.24, 2.45) is 4.99 Å². The van der Waals surface area contributed by atoms with E-state index in [2.05, 4.69) is 38.9 Å². The molecular weight excluding hydrogens is 502 g/mol. The average molecular weight is 546 g/mol. The van der Waals surface area contributed by atoms with E-state index in [9.17, 15) is 9.59 Å². The molecule has 4 aliphatic rings. The topological polar surface area (TPSA) is 86.7 Å². The standard InChI is InChI=1S/C28H43N5O4S/c1-18-29-24-16-31(27(35)36-5)11-9-25(24)33(18)22-14-20-6-7-21(15-22)32(20)12-8-23(19-10-13-38-17-19)30-26(34)37-28(2,3)4/h10,13,17,20-25H,6-9,11-12,14-16H2,1-5H3,(H,30,34)/t20?,21?,22?,23-,24?,25?/m0/s1. The summed E-state index contributed by atoms with van der Waals surface area (Å²) in [4.78, 5) is 36.7. The number of amides is 2. The Morgan fingerprint density at radius 2 is 1.92 bits per heavy atom. The Hall–Kier alpha value is -2.33. The van der Waals surface area contributed by atoms with Crippen LogP contribution in [0.4, 0.5) is 9.59 Å². The van der Waals surface area contributed by atoms with Crippen molar-refractivity contribution in [3.8, 4) is 0 Å². The molecule has 210 valence electrons.